The van der Waals surface area contributed by atoms with E-state index >= 15 is 0 Å². The van der Waals surface area contributed by atoms with Crippen molar-refractivity contribution in [1.29, 1.82) is 5.41 Å². The van der Waals surface area contributed by atoms with Gasteiger partial charge in [0.05, 0.1) is 0 Å². The lowest BCUT2D eigenvalue weighted by Gasteiger charge is -2.22. The van der Waals surface area contributed by atoms with Crippen LogP contribution in [0.4, 0.5) is 0 Å². The van der Waals surface area contributed by atoms with Gasteiger partial charge in [0, 0.05) is 63.5 Å². The molecule has 1 fully saturated rings. The largest absolute Gasteiger partial charge is 0.370 e. The minimum Gasteiger partial charge on any atom is -0.370 e. The molecule has 0 aromatic heterocycles. The van der Waals surface area contributed by atoms with Crippen molar-refractivity contribution in [2.75, 3.05) is 45.8 Å². The maximum absolute atomic E-state index is 8.46. The van der Waals surface area contributed by atoms with Crippen LogP contribution in [0.1, 0.15) is 36.8 Å². The predicted octanol–water partition coefficient (Wildman–Crippen LogP) is 2.15. The monoisotopic (exact) mass is 366 g/mol. The zero-order valence-corrected chi connectivity index (χ0v) is 16.1. The van der Waals surface area contributed by atoms with E-state index in [0.717, 1.165) is 77.3 Å². The van der Waals surface area contributed by atoms with Crippen LogP contribution in [-0.4, -0.2) is 73.1 Å². The van der Waals surface area contributed by atoms with Crippen LogP contribution in [0.3, 0.4) is 0 Å². The number of nitrogens with one attached hydrogen (secondary N) is 2. The van der Waals surface area contributed by atoms with Gasteiger partial charge >= 0.3 is 0 Å². The Balaban J connectivity index is 1.25. The van der Waals surface area contributed by atoms with Crippen molar-refractivity contribution >= 4 is 17.5 Å². The van der Waals surface area contributed by atoms with Crippen molar-refractivity contribution in [2.24, 2.45) is 9.98 Å². The fraction of sp³-hybridized carbons (Fsp3) is 0.571. The molecule has 1 aromatic carbocycles. The van der Waals surface area contributed by atoms with Crippen LogP contribution in [0.2, 0.25) is 0 Å². The standard InChI is InChI=1S/C21H30N6/c22-21-26(15-16-27(21)14-9-19-3-1-10-23-19)13-8-17-4-6-18(7-5-17)20-24-11-2-12-25-20/h4-7,22H,1-3,8-16H2,(H,24,25). The Hall–Kier alpha value is -2.37. The second-order valence-corrected chi connectivity index (χ2v) is 7.56. The second-order valence-electron chi connectivity index (χ2n) is 7.56. The molecule has 4 rings (SSSR count). The third-order valence-corrected chi connectivity index (χ3v) is 5.66. The molecule has 144 valence electrons. The Morgan fingerprint density at radius 1 is 0.926 bits per heavy atom. The molecule has 3 aliphatic rings. The minimum absolute atomic E-state index is 0.686. The van der Waals surface area contributed by atoms with E-state index in [2.05, 4.69) is 49.4 Å². The summed E-state index contributed by atoms with van der Waals surface area (Å²) in [6.45, 7) is 6.72. The Kier molecular flexibility index (Phi) is 5.70. The molecule has 6 nitrogen and oxygen atoms in total. The van der Waals surface area contributed by atoms with Crippen molar-refractivity contribution in [3.63, 3.8) is 0 Å². The third kappa shape index (κ3) is 4.49. The molecule has 6 heteroatoms. The summed E-state index contributed by atoms with van der Waals surface area (Å²) in [6, 6.07) is 8.72. The summed E-state index contributed by atoms with van der Waals surface area (Å²) in [5.41, 5.74) is 3.84. The van der Waals surface area contributed by atoms with Crippen LogP contribution in [0, 0.1) is 5.41 Å². The molecule has 0 saturated carbocycles. The fourth-order valence-electron chi connectivity index (χ4n) is 3.98. The number of aliphatic imine (C=N–C) groups is 2. The Bertz CT molecular complexity index is 721. The van der Waals surface area contributed by atoms with Gasteiger partial charge < -0.3 is 15.1 Å². The van der Waals surface area contributed by atoms with Crippen molar-refractivity contribution in [3.8, 4) is 0 Å². The highest BCUT2D eigenvalue weighted by Crippen LogP contribution is 2.14. The van der Waals surface area contributed by atoms with Gasteiger partial charge in [-0.2, -0.15) is 0 Å². The second kappa shape index (κ2) is 8.55. The normalized spacial score (nSPS) is 19.9. The molecule has 0 aliphatic carbocycles. The van der Waals surface area contributed by atoms with Gasteiger partial charge in [-0.05, 0) is 31.2 Å². The van der Waals surface area contributed by atoms with Gasteiger partial charge in [-0.3, -0.25) is 15.4 Å². The molecule has 0 unspecified atom stereocenters. The number of rotatable bonds is 7. The topological polar surface area (TPSA) is 67.1 Å². The van der Waals surface area contributed by atoms with E-state index in [1.54, 1.807) is 0 Å². The van der Waals surface area contributed by atoms with E-state index in [0.29, 0.717) is 5.96 Å². The van der Waals surface area contributed by atoms with E-state index < -0.39 is 0 Å². The number of benzene rings is 1. The lowest BCUT2D eigenvalue weighted by Crippen LogP contribution is -2.35. The smallest absolute Gasteiger partial charge is 0.193 e. The van der Waals surface area contributed by atoms with Crippen molar-refractivity contribution < 1.29 is 0 Å². The summed E-state index contributed by atoms with van der Waals surface area (Å²) in [7, 11) is 0. The van der Waals surface area contributed by atoms with Crippen LogP contribution >= 0.6 is 0 Å². The maximum Gasteiger partial charge on any atom is 0.193 e. The average Bonchev–Trinajstić information content (AvgIpc) is 3.36. The molecule has 0 bridgehead atoms. The molecule has 0 amide bonds. The first-order valence-corrected chi connectivity index (χ1v) is 10.3. The van der Waals surface area contributed by atoms with Crippen LogP contribution in [-0.2, 0) is 6.42 Å². The highest BCUT2D eigenvalue weighted by molar-refractivity contribution is 5.99. The van der Waals surface area contributed by atoms with Crippen molar-refractivity contribution in [1.82, 2.24) is 15.1 Å². The van der Waals surface area contributed by atoms with E-state index in [4.69, 9.17) is 5.41 Å². The van der Waals surface area contributed by atoms with Crippen molar-refractivity contribution in [3.05, 3.63) is 35.4 Å². The van der Waals surface area contributed by atoms with Crippen LogP contribution < -0.4 is 5.32 Å². The molecular formula is C21H30N6. The maximum atomic E-state index is 8.46. The molecule has 1 aromatic rings. The minimum atomic E-state index is 0.686. The number of amidine groups is 1. The number of hydrogen-bond acceptors (Lipinski definition) is 4. The van der Waals surface area contributed by atoms with Gasteiger partial charge in [0.15, 0.2) is 5.96 Å². The highest BCUT2D eigenvalue weighted by Gasteiger charge is 2.24. The molecule has 3 aliphatic heterocycles. The van der Waals surface area contributed by atoms with E-state index in [-0.39, 0.29) is 0 Å². The highest BCUT2D eigenvalue weighted by atomic mass is 15.4. The lowest BCUT2D eigenvalue weighted by molar-refractivity contribution is 0.463. The molecule has 27 heavy (non-hydrogen) atoms. The first-order chi connectivity index (χ1) is 13.3. The zero-order valence-electron chi connectivity index (χ0n) is 16.1. The van der Waals surface area contributed by atoms with Gasteiger partial charge in [0.25, 0.3) is 0 Å². The number of hydrogen-bond donors (Lipinski definition) is 2. The first-order valence-electron chi connectivity index (χ1n) is 10.3. The summed E-state index contributed by atoms with van der Waals surface area (Å²) in [4.78, 5) is 13.5. The SMILES string of the molecule is N=C1N(CCC2=NCCC2)CCN1CCc1ccc(C2=NCCCN2)cc1. The van der Waals surface area contributed by atoms with Gasteiger partial charge in [-0.15, -0.1) is 0 Å². The number of nitrogens with zero attached hydrogens (tertiary/aromatic N) is 4. The Morgan fingerprint density at radius 3 is 2.33 bits per heavy atom. The molecular weight excluding hydrogens is 336 g/mol. The summed E-state index contributed by atoms with van der Waals surface area (Å²) in [5.74, 6) is 1.71. The van der Waals surface area contributed by atoms with E-state index in [1.807, 2.05) is 0 Å². The van der Waals surface area contributed by atoms with Gasteiger partial charge in [-0.25, -0.2) is 0 Å². The Labute approximate surface area is 161 Å². The molecule has 2 N–H and O–H groups in total. The van der Waals surface area contributed by atoms with Crippen LogP contribution in [0.25, 0.3) is 0 Å². The zero-order chi connectivity index (χ0) is 18.5. The Morgan fingerprint density at radius 2 is 1.67 bits per heavy atom. The average molecular weight is 367 g/mol. The van der Waals surface area contributed by atoms with Crippen LogP contribution in [0.5, 0.6) is 0 Å². The quantitative estimate of drug-likeness (QED) is 0.777. The predicted molar refractivity (Wildman–Crippen MR) is 111 cm³/mol. The first kappa shape index (κ1) is 18.0. The van der Waals surface area contributed by atoms with E-state index in [9.17, 15) is 0 Å². The third-order valence-electron chi connectivity index (χ3n) is 5.66. The fourth-order valence-corrected chi connectivity index (χ4v) is 3.98. The summed E-state index contributed by atoms with van der Waals surface area (Å²) in [6.07, 6.45) is 5.48. The molecule has 0 spiro atoms. The summed E-state index contributed by atoms with van der Waals surface area (Å²) < 4.78 is 0. The lowest BCUT2D eigenvalue weighted by atomic mass is 10.1. The summed E-state index contributed by atoms with van der Waals surface area (Å²) >= 11 is 0. The number of guanidine groups is 1. The summed E-state index contributed by atoms with van der Waals surface area (Å²) in [5, 5.41) is 11.8. The molecule has 0 radical (unpaired) electrons. The van der Waals surface area contributed by atoms with E-state index in [1.165, 1.54) is 23.3 Å². The van der Waals surface area contributed by atoms with Gasteiger partial charge in [0.2, 0.25) is 0 Å². The van der Waals surface area contributed by atoms with Crippen molar-refractivity contribution in [2.45, 2.75) is 32.1 Å². The van der Waals surface area contributed by atoms with Gasteiger partial charge in [0.1, 0.15) is 5.84 Å². The molecule has 0 atom stereocenters. The molecule has 3 heterocycles. The van der Waals surface area contributed by atoms with Crippen LogP contribution in [0.15, 0.2) is 34.3 Å². The van der Waals surface area contributed by atoms with Gasteiger partial charge in [-0.1, -0.05) is 24.3 Å². The molecule has 1 saturated heterocycles.